The zero-order valence-electron chi connectivity index (χ0n) is 14.8. The van der Waals surface area contributed by atoms with Crippen molar-refractivity contribution in [3.63, 3.8) is 0 Å². The summed E-state index contributed by atoms with van der Waals surface area (Å²) in [4.78, 5) is 12.0. The van der Waals surface area contributed by atoms with E-state index in [1.807, 2.05) is 24.3 Å². The molecule has 0 saturated heterocycles. The third kappa shape index (κ3) is 4.17. The fourth-order valence-electron chi connectivity index (χ4n) is 3.11. The zero-order valence-corrected chi connectivity index (χ0v) is 15.6. The van der Waals surface area contributed by atoms with Gasteiger partial charge in [0, 0.05) is 19.2 Å². The SMILES string of the molecule is CS(=O)(=O)c1ccc(C(C(=O)O)C2=NNC(c3ccc(CN)cc3)C2)cc1. The van der Waals surface area contributed by atoms with Crippen molar-refractivity contribution in [2.24, 2.45) is 10.8 Å². The van der Waals surface area contributed by atoms with Gasteiger partial charge in [-0.2, -0.15) is 5.10 Å². The van der Waals surface area contributed by atoms with Gasteiger partial charge in [-0.3, -0.25) is 4.79 Å². The lowest BCUT2D eigenvalue weighted by atomic mass is 9.89. The quantitative estimate of drug-likeness (QED) is 0.695. The zero-order chi connectivity index (χ0) is 19.6. The van der Waals surface area contributed by atoms with Gasteiger partial charge in [-0.25, -0.2) is 8.42 Å². The van der Waals surface area contributed by atoms with E-state index in [4.69, 9.17) is 5.73 Å². The van der Waals surface area contributed by atoms with Crippen molar-refractivity contribution in [2.45, 2.75) is 29.8 Å². The first-order chi connectivity index (χ1) is 12.8. The highest BCUT2D eigenvalue weighted by molar-refractivity contribution is 7.90. The summed E-state index contributed by atoms with van der Waals surface area (Å²) in [6, 6.07) is 13.6. The van der Waals surface area contributed by atoms with Gasteiger partial charge >= 0.3 is 5.97 Å². The number of carbonyl (C=O) groups is 1. The molecule has 0 saturated carbocycles. The van der Waals surface area contributed by atoms with Crippen LogP contribution in [0.3, 0.4) is 0 Å². The summed E-state index contributed by atoms with van der Waals surface area (Å²) >= 11 is 0. The summed E-state index contributed by atoms with van der Waals surface area (Å²) in [5.41, 5.74) is 11.6. The number of nitrogens with two attached hydrogens (primary N) is 1. The number of carboxylic acid groups (broad SMARTS) is 1. The van der Waals surface area contributed by atoms with Crippen LogP contribution in [0.1, 0.15) is 35.1 Å². The Bertz CT molecular complexity index is 967. The van der Waals surface area contributed by atoms with Gasteiger partial charge in [0.1, 0.15) is 5.92 Å². The molecule has 2 aromatic rings. The number of carboxylic acids is 1. The number of hydrazone groups is 1. The Labute approximate surface area is 157 Å². The molecule has 3 rings (SSSR count). The average Bonchev–Trinajstić information content (AvgIpc) is 3.11. The highest BCUT2D eigenvalue weighted by Gasteiger charge is 2.32. The molecule has 0 fully saturated rings. The minimum atomic E-state index is -3.33. The third-order valence-electron chi connectivity index (χ3n) is 4.62. The predicted molar refractivity (Wildman–Crippen MR) is 102 cm³/mol. The van der Waals surface area contributed by atoms with Crippen LogP contribution in [0.15, 0.2) is 58.5 Å². The first-order valence-corrected chi connectivity index (χ1v) is 10.3. The van der Waals surface area contributed by atoms with Gasteiger partial charge < -0.3 is 16.3 Å². The number of nitrogens with one attached hydrogen (secondary N) is 1. The van der Waals surface area contributed by atoms with E-state index in [9.17, 15) is 18.3 Å². The Hall–Kier alpha value is -2.71. The van der Waals surface area contributed by atoms with Crippen LogP contribution in [0, 0.1) is 0 Å². The molecule has 1 heterocycles. The van der Waals surface area contributed by atoms with Crippen LogP contribution < -0.4 is 11.2 Å². The highest BCUT2D eigenvalue weighted by Crippen LogP contribution is 2.30. The Kier molecular flexibility index (Phi) is 5.29. The van der Waals surface area contributed by atoms with Gasteiger partial charge in [-0.15, -0.1) is 0 Å². The number of benzene rings is 2. The number of nitrogens with zero attached hydrogens (tertiary/aromatic N) is 1. The van der Waals surface area contributed by atoms with E-state index in [1.165, 1.54) is 24.3 Å². The fraction of sp³-hybridized carbons (Fsp3) is 0.263. The minimum absolute atomic E-state index is 0.107. The van der Waals surface area contributed by atoms with E-state index in [0.717, 1.165) is 17.4 Å². The molecule has 2 atom stereocenters. The van der Waals surface area contributed by atoms with Crippen molar-refractivity contribution in [1.29, 1.82) is 0 Å². The van der Waals surface area contributed by atoms with Gasteiger partial charge in [0.15, 0.2) is 9.84 Å². The summed E-state index contributed by atoms with van der Waals surface area (Å²) in [5.74, 6) is -1.96. The van der Waals surface area contributed by atoms with Crippen molar-refractivity contribution < 1.29 is 18.3 Å². The van der Waals surface area contributed by atoms with Gasteiger partial charge in [0.25, 0.3) is 0 Å². The molecule has 4 N–H and O–H groups in total. The maximum Gasteiger partial charge on any atom is 0.316 e. The molecule has 0 bridgehead atoms. The lowest BCUT2D eigenvalue weighted by Gasteiger charge is -2.14. The number of sulfone groups is 1. The lowest BCUT2D eigenvalue weighted by molar-refractivity contribution is -0.137. The van der Waals surface area contributed by atoms with Gasteiger partial charge in [0.05, 0.1) is 16.6 Å². The number of aliphatic carboxylic acids is 1. The van der Waals surface area contributed by atoms with Crippen LogP contribution in [0.4, 0.5) is 0 Å². The molecule has 0 spiro atoms. The van der Waals surface area contributed by atoms with Crippen LogP contribution in [0.2, 0.25) is 0 Å². The molecule has 0 aromatic heterocycles. The topological polar surface area (TPSA) is 122 Å². The third-order valence-corrected chi connectivity index (χ3v) is 5.75. The van der Waals surface area contributed by atoms with Crippen molar-refractivity contribution >= 4 is 21.5 Å². The fourth-order valence-corrected chi connectivity index (χ4v) is 3.74. The van der Waals surface area contributed by atoms with E-state index < -0.39 is 21.7 Å². The summed E-state index contributed by atoms with van der Waals surface area (Å²) in [5, 5.41) is 13.9. The number of hydrogen-bond acceptors (Lipinski definition) is 6. The van der Waals surface area contributed by atoms with Crippen LogP contribution in [0.25, 0.3) is 0 Å². The summed E-state index contributed by atoms with van der Waals surface area (Å²) < 4.78 is 23.2. The van der Waals surface area contributed by atoms with Crippen molar-refractivity contribution in [3.05, 3.63) is 65.2 Å². The smallest absolute Gasteiger partial charge is 0.316 e. The van der Waals surface area contributed by atoms with Crippen LogP contribution >= 0.6 is 0 Å². The molecule has 2 unspecified atom stereocenters. The standard InChI is InChI=1S/C19H21N3O4S/c1-27(25,26)15-8-6-14(7-9-15)18(19(23)24)17-10-16(21-22-17)13-4-2-12(11-20)3-5-13/h2-9,16,18,21H,10-11,20H2,1H3,(H,23,24). The van der Waals surface area contributed by atoms with E-state index in [0.29, 0.717) is 24.2 Å². The Balaban J connectivity index is 1.81. The molecule has 2 aromatic carbocycles. The molecule has 142 valence electrons. The predicted octanol–water partition coefficient (Wildman–Crippen LogP) is 1.81. The first kappa shape index (κ1) is 19.1. The Morgan fingerprint density at radius 2 is 1.85 bits per heavy atom. The van der Waals surface area contributed by atoms with Crippen LogP contribution in [0.5, 0.6) is 0 Å². The Morgan fingerprint density at radius 1 is 1.22 bits per heavy atom. The lowest BCUT2D eigenvalue weighted by Crippen LogP contribution is -2.21. The number of rotatable bonds is 6. The maximum atomic E-state index is 11.9. The van der Waals surface area contributed by atoms with Crippen molar-refractivity contribution in [2.75, 3.05) is 6.26 Å². The summed E-state index contributed by atoms with van der Waals surface area (Å²) in [7, 11) is -3.33. The molecule has 0 amide bonds. The van der Waals surface area contributed by atoms with Gasteiger partial charge in [-0.05, 0) is 28.8 Å². The minimum Gasteiger partial charge on any atom is -0.480 e. The maximum absolute atomic E-state index is 11.9. The molecule has 7 nitrogen and oxygen atoms in total. The first-order valence-electron chi connectivity index (χ1n) is 8.43. The molecule has 0 radical (unpaired) electrons. The molecule has 1 aliphatic rings. The molecular formula is C19H21N3O4S. The van der Waals surface area contributed by atoms with Gasteiger partial charge in [-0.1, -0.05) is 36.4 Å². The monoisotopic (exact) mass is 387 g/mol. The second-order valence-corrected chi connectivity index (χ2v) is 8.56. The average molecular weight is 387 g/mol. The normalized spacial score (nSPS) is 17.9. The van der Waals surface area contributed by atoms with E-state index >= 15 is 0 Å². The van der Waals surface area contributed by atoms with E-state index in [2.05, 4.69) is 10.5 Å². The van der Waals surface area contributed by atoms with Crippen molar-refractivity contribution in [3.8, 4) is 0 Å². The highest BCUT2D eigenvalue weighted by atomic mass is 32.2. The van der Waals surface area contributed by atoms with Gasteiger partial charge in [0.2, 0.25) is 0 Å². The van der Waals surface area contributed by atoms with E-state index in [-0.39, 0.29) is 10.9 Å². The molecule has 27 heavy (non-hydrogen) atoms. The Morgan fingerprint density at radius 3 is 2.37 bits per heavy atom. The second-order valence-electron chi connectivity index (χ2n) is 6.55. The van der Waals surface area contributed by atoms with Crippen LogP contribution in [-0.2, 0) is 21.2 Å². The molecule has 8 heteroatoms. The largest absolute Gasteiger partial charge is 0.480 e. The van der Waals surface area contributed by atoms with E-state index in [1.54, 1.807) is 0 Å². The van der Waals surface area contributed by atoms with Crippen molar-refractivity contribution in [1.82, 2.24) is 5.43 Å². The second kappa shape index (κ2) is 7.50. The molecular weight excluding hydrogens is 366 g/mol. The van der Waals surface area contributed by atoms with Crippen LogP contribution in [-0.4, -0.2) is 31.5 Å². The molecule has 0 aliphatic carbocycles. The summed E-state index contributed by atoms with van der Waals surface area (Å²) in [6.45, 7) is 0.463. The number of hydrogen-bond donors (Lipinski definition) is 3. The molecule has 1 aliphatic heterocycles. The summed E-state index contributed by atoms with van der Waals surface area (Å²) in [6.07, 6.45) is 1.56.